The van der Waals surface area contributed by atoms with Gasteiger partial charge in [0.1, 0.15) is 17.6 Å². The largest absolute Gasteiger partial charge is 0.467 e. The first kappa shape index (κ1) is 21.5. The third-order valence-corrected chi connectivity index (χ3v) is 4.06. The highest BCUT2D eigenvalue weighted by atomic mass is 35.5. The molecule has 2 aromatic rings. The van der Waals surface area contributed by atoms with Crippen LogP contribution in [0, 0.1) is 0 Å². The Hall–Kier alpha value is -2.81. The summed E-state index contributed by atoms with van der Waals surface area (Å²) in [6, 6.07) is 8.16. The summed E-state index contributed by atoms with van der Waals surface area (Å²) < 4.78 is 43.8. The molecular weight excluding hydrogens is 401 g/mol. The van der Waals surface area contributed by atoms with Crippen LogP contribution in [-0.4, -0.2) is 29.6 Å². The highest BCUT2D eigenvalue weighted by molar-refractivity contribution is 6.30. The van der Waals surface area contributed by atoms with E-state index < -0.39 is 46.8 Å². The monoisotopic (exact) mass is 416 g/mol. The van der Waals surface area contributed by atoms with E-state index in [4.69, 9.17) is 11.6 Å². The molecule has 0 saturated heterocycles. The molecule has 0 spiro atoms. The highest BCUT2D eigenvalue weighted by Gasteiger charge is 2.32. The molecule has 1 N–H and O–H groups in total. The molecule has 1 aromatic carbocycles. The molecule has 0 fully saturated rings. The molecule has 28 heavy (non-hydrogen) atoms. The number of alkyl halides is 3. The average molecular weight is 417 g/mol. The summed E-state index contributed by atoms with van der Waals surface area (Å²) in [7, 11) is 1.14. The number of pyridine rings is 1. The lowest BCUT2D eigenvalue weighted by atomic mass is 10.1. The Bertz CT molecular complexity index is 913. The maximum atomic E-state index is 12.9. The summed E-state index contributed by atoms with van der Waals surface area (Å²) in [4.78, 5) is 36.1. The first-order valence-electron chi connectivity index (χ1n) is 8.00. The van der Waals surface area contributed by atoms with Gasteiger partial charge in [-0.2, -0.15) is 13.2 Å². The number of amides is 1. The Morgan fingerprint density at radius 2 is 1.89 bits per heavy atom. The van der Waals surface area contributed by atoms with Crippen molar-refractivity contribution in [1.29, 1.82) is 0 Å². The predicted molar refractivity (Wildman–Crippen MR) is 94.8 cm³/mol. The number of nitrogens with one attached hydrogen (secondary N) is 1. The minimum absolute atomic E-state index is 0.109. The minimum Gasteiger partial charge on any atom is -0.467 e. The van der Waals surface area contributed by atoms with Gasteiger partial charge in [-0.1, -0.05) is 41.9 Å². The molecule has 1 unspecified atom stereocenters. The normalized spacial score (nSPS) is 12.3. The lowest BCUT2D eigenvalue weighted by Gasteiger charge is -2.17. The molecule has 0 aliphatic carbocycles. The summed E-state index contributed by atoms with van der Waals surface area (Å²) in [5, 5.41) is 1.70. The first-order valence-corrected chi connectivity index (χ1v) is 8.38. The van der Waals surface area contributed by atoms with Crippen LogP contribution in [0.25, 0.3) is 0 Å². The second-order valence-electron chi connectivity index (χ2n) is 5.84. The van der Waals surface area contributed by atoms with Crippen molar-refractivity contribution in [2.45, 2.75) is 25.2 Å². The summed E-state index contributed by atoms with van der Waals surface area (Å²) in [5.74, 6) is -1.57. The van der Waals surface area contributed by atoms with Crippen molar-refractivity contribution >= 4 is 23.5 Å². The van der Waals surface area contributed by atoms with E-state index in [1.807, 2.05) is 0 Å². The van der Waals surface area contributed by atoms with Gasteiger partial charge in [0.2, 0.25) is 5.91 Å². The molecule has 0 radical (unpaired) electrons. The molecule has 150 valence electrons. The molecule has 1 amide bonds. The number of rotatable bonds is 6. The van der Waals surface area contributed by atoms with Crippen molar-refractivity contribution in [3.05, 3.63) is 69.1 Å². The SMILES string of the molecule is COC(=O)C(Cc1ccccc1)NC(=O)Cn1cc(C(F)(F)F)cc(Cl)c1=O. The van der Waals surface area contributed by atoms with Crippen LogP contribution in [0.4, 0.5) is 13.2 Å². The molecule has 0 aliphatic rings. The van der Waals surface area contributed by atoms with Gasteiger partial charge in [-0.15, -0.1) is 0 Å². The van der Waals surface area contributed by atoms with Crippen LogP contribution >= 0.6 is 11.6 Å². The fourth-order valence-electron chi connectivity index (χ4n) is 2.45. The quantitative estimate of drug-likeness (QED) is 0.734. The fraction of sp³-hybridized carbons (Fsp3) is 0.278. The number of carbonyl (C=O) groups excluding carboxylic acids is 2. The van der Waals surface area contributed by atoms with E-state index in [1.54, 1.807) is 30.3 Å². The highest BCUT2D eigenvalue weighted by Crippen LogP contribution is 2.29. The lowest BCUT2D eigenvalue weighted by Crippen LogP contribution is -2.45. The molecular formula is C18H16ClF3N2O4. The van der Waals surface area contributed by atoms with Crippen LogP contribution in [0.3, 0.4) is 0 Å². The molecule has 1 aromatic heterocycles. The smallest absolute Gasteiger partial charge is 0.417 e. The molecule has 2 rings (SSSR count). The zero-order chi connectivity index (χ0) is 20.9. The number of benzene rings is 1. The van der Waals surface area contributed by atoms with Gasteiger partial charge in [-0.25, -0.2) is 4.79 Å². The van der Waals surface area contributed by atoms with Gasteiger partial charge in [0.25, 0.3) is 5.56 Å². The van der Waals surface area contributed by atoms with E-state index in [0.29, 0.717) is 16.8 Å². The van der Waals surface area contributed by atoms with Crippen LogP contribution in [0.15, 0.2) is 47.4 Å². The summed E-state index contributed by atoms with van der Waals surface area (Å²) >= 11 is 5.56. The molecule has 6 nitrogen and oxygen atoms in total. The number of nitrogens with zero attached hydrogens (tertiary/aromatic N) is 1. The fourth-order valence-corrected chi connectivity index (χ4v) is 2.68. The lowest BCUT2D eigenvalue weighted by molar-refractivity contribution is -0.145. The Morgan fingerprint density at radius 3 is 2.46 bits per heavy atom. The number of methoxy groups -OCH3 is 1. The van der Waals surface area contributed by atoms with E-state index in [0.717, 1.165) is 12.7 Å². The van der Waals surface area contributed by atoms with Crippen molar-refractivity contribution in [2.75, 3.05) is 7.11 Å². The second-order valence-corrected chi connectivity index (χ2v) is 6.25. The molecule has 10 heteroatoms. The van der Waals surface area contributed by atoms with Crippen molar-refractivity contribution in [1.82, 2.24) is 9.88 Å². The van der Waals surface area contributed by atoms with Crippen molar-refractivity contribution < 1.29 is 27.5 Å². The number of halogens is 4. The van der Waals surface area contributed by atoms with Crippen LogP contribution in [0.1, 0.15) is 11.1 Å². The van der Waals surface area contributed by atoms with Gasteiger partial charge in [-0.3, -0.25) is 9.59 Å². The maximum absolute atomic E-state index is 12.9. The molecule has 0 aliphatic heterocycles. The predicted octanol–water partition coefficient (Wildman–Crippen LogP) is 2.42. The summed E-state index contributed by atoms with van der Waals surface area (Å²) in [5.41, 5.74) is -1.39. The standard InChI is InChI=1S/C18H16ClF3N2O4/c1-28-17(27)14(7-11-5-3-2-4-6-11)23-15(25)10-24-9-12(18(20,21)22)8-13(19)16(24)26/h2-6,8-9,14H,7,10H2,1H3,(H,23,25). The number of esters is 1. The topological polar surface area (TPSA) is 77.4 Å². The van der Waals surface area contributed by atoms with Crippen LogP contribution in [-0.2, 0) is 33.5 Å². The Kier molecular flexibility index (Phi) is 6.85. The molecule has 0 bridgehead atoms. The summed E-state index contributed by atoms with van der Waals surface area (Å²) in [6.07, 6.45) is -4.13. The van der Waals surface area contributed by atoms with Crippen molar-refractivity contribution in [3.63, 3.8) is 0 Å². The van der Waals surface area contributed by atoms with E-state index >= 15 is 0 Å². The van der Waals surface area contributed by atoms with Gasteiger partial charge in [-0.05, 0) is 11.6 Å². The Morgan fingerprint density at radius 1 is 1.25 bits per heavy atom. The maximum Gasteiger partial charge on any atom is 0.417 e. The van der Waals surface area contributed by atoms with Gasteiger partial charge in [0.05, 0.1) is 12.7 Å². The zero-order valence-electron chi connectivity index (χ0n) is 14.6. The van der Waals surface area contributed by atoms with Crippen LogP contribution in [0.5, 0.6) is 0 Å². The Balaban J connectivity index is 2.20. The number of carbonyl (C=O) groups is 2. The van der Waals surface area contributed by atoms with Gasteiger partial charge in [0.15, 0.2) is 0 Å². The van der Waals surface area contributed by atoms with E-state index in [1.165, 1.54) is 0 Å². The number of ether oxygens (including phenoxy) is 1. The van der Waals surface area contributed by atoms with Gasteiger partial charge >= 0.3 is 12.1 Å². The second kappa shape index (κ2) is 8.92. The van der Waals surface area contributed by atoms with Gasteiger partial charge in [0, 0.05) is 12.6 Å². The average Bonchev–Trinajstić information content (AvgIpc) is 2.64. The van der Waals surface area contributed by atoms with Crippen LogP contribution in [0.2, 0.25) is 5.02 Å². The van der Waals surface area contributed by atoms with E-state index in [2.05, 4.69) is 10.1 Å². The summed E-state index contributed by atoms with van der Waals surface area (Å²) in [6.45, 7) is -0.745. The number of hydrogen-bond donors (Lipinski definition) is 1. The molecule has 1 atom stereocenters. The zero-order valence-corrected chi connectivity index (χ0v) is 15.4. The first-order chi connectivity index (χ1) is 13.1. The minimum atomic E-state index is -4.74. The third-order valence-electron chi connectivity index (χ3n) is 3.79. The van der Waals surface area contributed by atoms with Crippen LogP contribution < -0.4 is 10.9 Å². The van der Waals surface area contributed by atoms with E-state index in [-0.39, 0.29) is 6.42 Å². The number of hydrogen-bond acceptors (Lipinski definition) is 4. The Labute approximate surface area is 162 Å². The molecule has 1 heterocycles. The third kappa shape index (κ3) is 5.59. The van der Waals surface area contributed by atoms with Crippen molar-refractivity contribution in [3.8, 4) is 0 Å². The van der Waals surface area contributed by atoms with Gasteiger partial charge < -0.3 is 14.6 Å². The number of aromatic nitrogens is 1. The van der Waals surface area contributed by atoms with Crippen molar-refractivity contribution in [2.24, 2.45) is 0 Å². The molecule has 0 saturated carbocycles. The van der Waals surface area contributed by atoms with E-state index in [9.17, 15) is 27.6 Å².